The molecule has 0 unspecified atom stereocenters. The molecule has 0 aromatic heterocycles. The van der Waals surface area contributed by atoms with Gasteiger partial charge in [-0.3, -0.25) is 14.5 Å². The molecule has 0 spiro atoms. The van der Waals surface area contributed by atoms with E-state index in [0.29, 0.717) is 30.9 Å². The third-order valence-corrected chi connectivity index (χ3v) is 4.22. The van der Waals surface area contributed by atoms with Crippen LogP contribution in [0.25, 0.3) is 0 Å². The van der Waals surface area contributed by atoms with Crippen molar-refractivity contribution in [2.45, 2.75) is 19.1 Å². The van der Waals surface area contributed by atoms with Gasteiger partial charge in [0.15, 0.2) is 0 Å². The molecule has 0 saturated carbocycles. The molecule has 1 atom stereocenters. The van der Waals surface area contributed by atoms with Crippen molar-refractivity contribution in [3.63, 3.8) is 0 Å². The molecular formula is C16H19FN4O4. The molecule has 1 aromatic rings. The maximum Gasteiger partial charge on any atom is 0.414 e. The average Bonchev–Trinajstić information content (AvgIpc) is 2.90. The van der Waals surface area contributed by atoms with Crippen molar-refractivity contribution < 1.29 is 23.5 Å². The highest BCUT2D eigenvalue weighted by atomic mass is 19.1. The predicted octanol–water partition coefficient (Wildman–Crippen LogP) is 0.222. The minimum atomic E-state index is -0.568. The van der Waals surface area contributed by atoms with E-state index in [1.54, 1.807) is 12.1 Å². The minimum absolute atomic E-state index is 0.0275. The highest BCUT2D eigenvalue weighted by Gasteiger charge is 2.33. The lowest BCUT2D eigenvalue weighted by molar-refractivity contribution is -0.119. The number of amides is 3. The van der Waals surface area contributed by atoms with Gasteiger partial charge in [-0.1, -0.05) is 0 Å². The Morgan fingerprint density at radius 3 is 2.80 bits per heavy atom. The molecule has 2 aliphatic heterocycles. The van der Waals surface area contributed by atoms with Crippen molar-refractivity contribution in [3.05, 3.63) is 24.0 Å². The number of hydrogen-bond acceptors (Lipinski definition) is 5. The van der Waals surface area contributed by atoms with Crippen LogP contribution in [0.4, 0.5) is 20.6 Å². The summed E-state index contributed by atoms with van der Waals surface area (Å²) in [6.45, 7) is 2.93. The Balaban J connectivity index is 1.64. The number of benzene rings is 1. The number of carbonyl (C=O) groups is 3. The molecule has 0 radical (unpaired) electrons. The summed E-state index contributed by atoms with van der Waals surface area (Å²) < 4.78 is 19.6. The van der Waals surface area contributed by atoms with Crippen molar-refractivity contribution >= 4 is 29.8 Å². The summed E-state index contributed by atoms with van der Waals surface area (Å²) in [5, 5.41) is 5.23. The maximum atomic E-state index is 14.4. The summed E-state index contributed by atoms with van der Waals surface area (Å²) in [6, 6.07) is 4.58. The highest BCUT2D eigenvalue weighted by molar-refractivity contribution is 5.90. The van der Waals surface area contributed by atoms with Crippen LogP contribution in [-0.4, -0.2) is 56.7 Å². The lowest BCUT2D eigenvalue weighted by Crippen LogP contribution is -2.58. The van der Waals surface area contributed by atoms with E-state index < -0.39 is 18.0 Å². The zero-order chi connectivity index (χ0) is 18.0. The highest BCUT2D eigenvalue weighted by Crippen LogP contribution is 2.30. The molecule has 134 valence electrons. The monoisotopic (exact) mass is 350 g/mol. The molecule has 9 heteroatoms. The number of carbonyl (C=O) groups excluding carboxylic acids is 3. The summed E-state index contributed by atoms with van der Waals surface area (Å²) >= 11 is 0. The van der Waals surface area contributed by atoms with E-state index in [9.17, 15) is 18.8 Å². The second kappa shape index (κ2) is 6.96. The zero-order valence-corrected chi connectivity index (χ0v) is 13.7. The number of ether oxygens (including phenoxy) is 1. The zero-order valence-electron chi connectivity index (χ0n) is 13.7. The number of nitrogens with zero attached hydrogens (tertiary/aromatic N) is 2. The lowest BCUT2D eigenvalue weighted by atomic mass is 10.1. The van der Waals surface area contributed by atoms with Gasteiger partial charge in [0.1, 0.15) is 11.9 Å². The van der Waals surface area contributed by atoms with E-state index in [1.807, 2.05) is 4.90 Å². The van der Waals surface area contributed by atoms with E-state index in [0.717, 1.165) is 0 Å². The fourth-order valence-corrected chi connectivity index (χ4v) is 2.89. The van der Waals surface area contributed by atoms with Gasteiger partial charge < -0.3 is 20.3 Å². The Morgan fingerprint density at radius 1 is 1.40 bits per heavy atom. The molecule has 3 rings (SSSR count). The molecule has 25 heavy (non-hydrogen) atoms. The molecule has 0 aliphatic carbocycles. The molecule has 3 amide bonds. The first-order valence-corrected chi connectivity index (χ1v) is 7.94. The van der Waals surface area contributed by atoms with E-state index in [4.69, 9.17) is 4.74 Å². The number of hydrogen-bond donors (Lipinski definition) is 2. The second-order valence-corrected chi connectivity index (χ2v) is 6.08. The van der Waals surface area contributed by atoms with Crippen molar-refractivity contribution in [2.75, 3.05) is 36.0 Å². The van der Waals surface area contributed by atoms with Gasteiger partial charge in [0.2, 0.25) is 12.3 Å². The smallest absolute Gasteiger partial charge is 0.414 e. The predicted molar refractivity (Wildman–Crippen MR) is 87.9 cm³/mol. The summed E-state index contributed by atoms with van der Waals surface area (Å²) in [5.41, 5.74) is 0.828. The van der Waals surface area contributed by atoms with Gasteiger partial charge in [0, 0.05) is 20.0 Å². The summed E-state index contributed by atoms with van der Waals surface area (Å²) in [4.78, 5) is 36.4. The summed E-state index contributed by atoms with van der Waals surface area (Å²) in [6.07, 6.45) is -0.399. The van der Waals surface area contributed by atoms with Crippen LogP contribution in [0, 0.1) is 5.82 Å². The SMILES string of the molecule is CC(=O)NC[C@H]1CN(c2ccc(N3CC(NC=O)C3)c(F)c2)C(=O)O1. The molecule has 2 heterocycles. The van der Waals surface area contributed by atoms with Crippen LogP contribution in [0.15, 0.2) is 18.2 Å². The normalized spacial score (nSPS) is 20.1. The number of cyclic esters (lactones) is 1. The number of anilines is 2. The largest absolute Gasteiger partial charge is 0.442 e. The quantitative estimate of drug-likeness (QED) is 0.717. The third kappa shape index (κ3) is 3.65. The van der Waals surface area contributed by atoms with Crippen molar-refractivity contribution in [3.8, 4) is 0 Å². The van der Waals surface area contributed by atoms with E-state index in [2.05, 4.69) is 10.6 Å². The van der Waals surface area contributed by atoms with Crippen molar-refractivity contribution in [1.29, 1.82) is 0 Å². The third-order valence-electron chi connectivity index (χ3n) is 4.22. The van der Waals surface area contributed by atoms with Crippen LogP contribution in [0.5, 0.6) is 0 Å². The molecule has 2 fully saturated rings. The van der Waals surface area contributed by atoms with E-state index >= 15 is 0 Å². The Kier molecular flexibility index (Phi) is 4.73. The van der Waals surface area contributed by atoms with Gasteiger partial charge in [0.05, 0.1) is 30.5 Å². The Hall–Kier alpha value is -2.84. The van der Waals surface area contributed by atoms with Gasteiger partial charge in [-0.25, -0.2) is 9.18 Å². The molecule has 0 bridgehead atoms. The average molecular weight is 350 g/mol. The summed E-state index contributed by atoms with van der Waals surface area (Å²) in [5.74, 6) is -0.651. The lowest BCUT2D eigenvalue weighted by Gasteiger charge is -2.40. The van der Waals surface area contributed by atoms with Crippen LogP contribution < -0.4 is 20.4 Å². The Bertz CT molecular complexity index is 693. The standard InChI is InChI=1S/C16H19FN4O4/c1-10(23)18-5-13-8-21(16(24)25-13)12-2-3-15(14(17)4-12)20-6-11(7-20)19-9-22/h2-4,9,11,13H,5-8H2,1H3,(H,18,23)(H,19,22)/t13-/m0/s1. The van der Waals surface area contributed by atoms with Gasteiger partial charge in [-0.15, -0.1) is 0 Å². The number of rotatable bonds is 6. The Labute approximate surface area is 143 Å². The first-order valence-electron chi connectivity index (χ1n) is 7.94. The fourth-order valence-electron chi connectivity index (χ4n) is 2.89. The van der Waals surface area contributed by atoms with E-state index in [1.165, 1.54) is 17.9 Å². The molecule has 2 aliphatic rings. The first kappa shape index (κ1) is 17.0. The molecule has 1 aromatic carbocycles. The first-order chi connectivity index (χ1) is 12.0. The number of halogens is 1. The van der Waals surface area contributed by atoms with Crippen LogP contribution in [0.2, 0.25) is 0 Å². The maximum absolute atomic E-state index is 14.4. The van der Waals surface area contributed by atoms with Crippen LogP contribution in [0.3, 0.4) is 0 Å². The van der Waals surface area contributed by atoms with Crippen molar-refractivity contribution in [2.24, 2.45) is 0 Å². The number of nitrogens with one attached hydrogen (secondary N) is 2. The van der Waals surface area contributed by atoms with Gasteiger partial charge in [-0.05, 0) is 18.2 Å². The van der Waals surface area contributed by atoms with Gasteiger partial charge in [-0.2, -0.15) is 0 Å². The van der Waals surface area contributed by atoms with Crippen LogP contribution in [0.1, 0.15) is 6.92 Å². The Morgan fingerprint density at radius 2 is 2.16 bits per heavy atom. The van der Waals surface area contributed by atoms with Gasteiger partial charge in [0.25, 0.3) is 0 Å². The van der Waals surface area contributed by atoms with Crippen LogP contribution >= 0.6 is 0 Å². The van der Waals surface area contributed by atoms with Gasteiger partial charge >= 0.3 is 6.09 Å². The molecule has 8 nitrogen and oxygen atoms in total. The van der Waals surface area contributed by atoms with E-state index in [-0.39, 0.29) is 25.0 Å². The topological polar surface area (TPSA) is 91.0 Å². The molecule has 2 saturated heterocycles. The molecular weight excluding hydrogens is 331 g/mol. The second-order valence-electron chi connectivity index (χ2n) is 6.08. The fraction of sp³-hybridized carbons (Fsp3) is 0.438. The summed E-state index contributed by atoms with van der Waals surface area (Å²) in [7, 11) is 0. The molecule has 2 N–H and O–H groups in total. The van der Waals surface area contributed by atoms with Crippen molar-refractivity contribution in [1.82, 2.24) is 10.6 Å². The van der Waals surface area contributed by atoms with Crippen LogP contribution in [-0.2, 0) is 14.3 Å². The minimum Gasteiger partial charge on any atom is -0.442 e.